The number of thiophene rings is 1. The largest absolute Gasteiger partial charge is 0.388 e. The van der Waals surface area contributed by atoms with Crippen molar-refractivity contribution in [2.45, 2.75) is 32.0 Å². The van der Waals surface area contributed by atoms with Crippen LogP contribution in [0.1, 0.15) is 30.2 Å². The Labute approximate surface area is 105 Å². The van der Waals surface area contributed by atoms with E-state index in [2.05, 4.69) is 22.2 Å². The summed E-state index contributed by atoms with van der Waals surface area (Å²) in [6.07, 6.45) is 3.88. The van der Waals surface area contributed by atoms with Crippen LogP contribution in [0.5, 0.6) is 0 Å². The number of nitrogens with one attached hydrogen (secondary N) is 2. The molecule has 3 N–H and O–H groups in total. The van der Waals surface area contributed by atoms with E-state index in [1.165, 1.54) is 0 Å². The standard InChI is InChI=1S/C12H17N3OS/c1-9(15-8-12-13-4-5-14-12)7-10(16)11-3-2-6-17-11/h2-6,9-10,15-16H,7-8H2,1H3,(H,13,14). The van der Waals surface area contributed by atoms with Crippen molar-refractivity contribution in [2.24, 2.45) is 0 Å². The summed E-state index contributed by atoms with van der Waals surface area (Å²) in [6.45, 7) is 2.77. The smallest absolute Gasteiger partial charge is 0.120 e. The van der Waals surface area contributed by atoms with Gasteiger partial charge < -0.3 is 15.4 Å². The summed E-state index contributed by atoms with van der Waals surface area (Å²) in [5.74, 6) is 0.919. The summed E-state index contributed by atoms with van der Waals surface area (Å²) >= 11 is 1.59. The minimum Gasteiger partial charge on any atom is -0.388 e. The van der Waals surface area contributed by atoms with Gasteiger partial charge in [0.2, 0.25) is 0 Å². The quantitative estimate of drug-likeness (QED) is 0.736. The van der Waals surface area contributed by atoms with E-state index >= 15 is 0 Å². The van der Waals surface area contributed by atoms with E-state index in [-0.39, 0.29) is 12.1 Å². The third-order valence-corrected chi connectivity index (χ3v) is 3.59. The summed E-state index contributed by atoms with van der Waals surface area (Å²) in [7, 11) is 0. The van der Waals surface area contributed by atoms with Gasteiger partial charge in [0, 0.05) is 23.3 Å². The Morgan fingerprint density at radius 1 is 1.59 bits per heavy atom. The molecule has 4 nitrogen and oxygen atoms in total. The van der Waals surface area contributed by atoms with E-state index in [0.717, 1.165) is 10.7 Å². The summed E-state index contributed by atoms with van der Waals surface area (Å²) in [5, 5.41) is 15.3. The van der Waals surface area contributed by atoms with Gasteiger partial charge in [0.1, 0.15) is 5.82 Å². The van der Waals surface area contributed by atoms with Crippen molar-refractivity contribution in [3.63, 3.8) is 0 Å². The van der Waals surface area contributed by atoms with E-state index < -0.39 is 0 Å². The minimum absolute atomic E-state index is 0.247. The van der Waals surface area contributed by atoms with E-state index in [1.54, 1.807) is 17.5 Å². The number of hydrogen-bond acceptors (Lipinski definition) is 4. The monoisotopic (exact) mass is 251 g/mol. The van der Waals surface area contributed by atoms with Gasteiger partial charge in [-0.25, -0.2) is 4.98 Å². The molecule has 0 bridgehead atoms. The zero-order chi connectivity index (χ0) is 12.1. The van der Waals surface area contributed by atoms with Crippen LogP contribution in [-0.2, 0) is 6.54 Å². The molecule has 2 heterocycles. The van der Waals surface area contributed by atoms with Crippen molar-refractivity contribution in [3.05, 3.63) is 40.6 Å². The number of hydrogen-bond donors (Lipinski definition) is 3. The van der Waals surface area contributed by atoms with Crippen molar-refractivity contribution < 1.29 is 5.11 Å². The van der Waals surface area contributed by atoms with Crippen LogP contribution in [0.15, 0.2) is 29.9 Å². The highest BCUT2D eigenvalue weighted by atomic mass is 32.1. The van der Waals surface area contributed by atoms with Crippen LogP contribution in [0.2, 0.25) is 0 Å². The molecule has 2 atom stereocenters. The number of aromatic amines is 1. The summed E-state index contributed by atoms with van der Waals surface area (Å²) in [5.41, 5.74) is 0. The van der Waals surface area contributed by atoms with Crippen LogP contribution < -0.4 is 5.32 Å². The van der Waals surface area contributed by atoms with Gasteiger partial charge in [-0.15, -0.1) is 11.3 Å². The van der Waals surface area contributed by atoms with Gasteiger partial charge in [-0.05, 0) is 24.8 Å². The molecule has 0 spiro atoms. The van der Waals surface area contributed by atoms with Gasteiger partial charge in [0.25, 0.3) is 0 Å². The Morgan fingerprint density at radius 2 is 2.47 bits per heavy atom. The molecule has 0 aliphatic carbocycles. The molecule has 2 unspecified atom stereocenters. The average molecular weight is 251 g/mol. The maximum absolute atomic E-state index is 9.98. The van der Waals surface area contributed by atoms with Crippen LogP contribution in [0.25, 0.3) is 0 Å². The van der Waals surface area contributed by atoms with Gasteiger partial charge in [0.05, 0.1) is 12.6 Å². The van der Waals surface area contributed by atoms with Crippen LogP contribution in [0, 0.1) is 0 Å². The fraction of sp³-hybridized carbons (Fsp3) is 0.417. The maximum Gasteiger partial charge on any atom is 0.120 e. The normalized spacial score (nSPS) is 14.7. The molecule has 92 valence electrons. The number of nitrogens with zero attached hydrogens (tertiary/aromatic N) is 1. The molecule has 2 aromatic heterocycles. The topological polar surface area (TPSA) is 60.9 Å². The van der Waals surface area contributed by atoms with E-state index in [4.69, 9.17) is 0 Å². The number of H-pyrrole nitrogens is 1. The van der Waals surface area contributed by atoms with Crippen molar-refractivity contribution in [1.29, 1.82) is 0 Å². The highest BCUT2D eigenvalue weighted by Crippen LogP contribution is 2.22. The molecule has 0 saturated heterocycles. The summed E-state index contributed by atoms with van der Waals surface area (Å²) in [4.78, 5) is 8.20. The maximum atomic E-state index is 9.98. The zero-order valence-electron chi connectivity index (χ0n) is 9.76. The van der Waals surface area contributed by atoms with Crippen LogP contribution in [0.4, 0.5) is 0 Å². The number of aliphatic hydroxyl groups excluding tert-OH is 1. The summed E-state index contributed by atoms with van der Waals surface area (Å²) in [6, 6.07) is 4.18. The van der Waals surface area contributed by atoms with Crippen LogP contribution in [0.3, 0.4) is 0 Å². The van der Waals surface area contributed by atoms with Crippen molar-refractivity contribution in [1.82, 2.24) is 15.3 Å². The Bertz CT molecular complexity index is 413. The fourth-order valence-electron chi connectivity index (χ4n) is 1.68. The second-order valence-corrected chi connectivity index (χ2v) is 5.06. The molecule has 5 heteroatoms. The molecule has 0 aliphatic heterocycles. The lowest BCUT2D eigenvalue weighted by Gasteiger charge is -2.16. The molecule has 0 amide bonds. The van der Waals surface area contributed by atoms with Gasteiger partial charge in [-0.1, -0.05) is 6.07 Å². The Morgan fingerprint density at radius 3 is 3.12 bits per heavy atom. The first-order chi connectivity index (χ1) is 8.25. The zero-order valence-corrected chi connectivity index (χ0v) is 10.6. The van der Waals surface area contributed by atoms with Gasteiger partial charge in [-0.3, -0.25) is 0 Å². The predicted molar refractivity (Wildman–Crippen MR) is 68.8 cm³/mol. The van der Waals surface area contributed by atoms with Gasteiger partial charge >= 0.3 is 0 Å². The van der Waals surface area contributed by atoms with E-state index in [0.29, 0.717) is 13.0 Å². The van der Waals surface area contributed by atoms with Crippen molar-refractivity contribution in [3.8, 4) is 0 Å². The van der Waals surface area contributed by atoms with Gasteiger partial charge in [0.15, 0.2) is 0 Å². The Balaban J connectivity index is 1.75. The third kappa shape index (κ3) is 3.66. The second-order valence-electron chi connectivity index (χ2n) is 4.08. The van der Waals surface area contributed by atoms with E-state index in [9.17, 15) is 5.11 Å². The highest BCUT2D eigenvalue weighted by molar-refractivity contribution is 7.10. The number of rotatable bonds is 6. The Kier molecular flexibility index (Phi) is 4.30. The predicted octanol–water partition coefficient (Wildman–Crippen LogP) is 2.07. The first-order valence-corrected chi connectivity index (χ1v) is 6.57. The number of imidazole rings is 1. The molecule has 2 aromatic rings. The summed E-state index contributed by atoms with van der Waals surface area (Å²) < 4.78 is 0. The molecule has 17 heavy (non-hydrogen) atoms. The SMILES string of the molecule is CC(CC(O)c1cccs1)NCc1ncc[nH]1. The van der Waals surface area contributed by atoms with Gasteiger partial charge in [-0.2, -0.15) is 0 Å². The highest BCUT2D eigenvalue weighted by Gasteiger charge is 2.13. The first-order valence-electron chi connectivity index (χ1n) is 5.69. The fourth-order valence-corrected chi connectivity index (χ4v) is 2.41. The average Bonchev–Trinajstić information content (AvgIpc) is 2.99. The lowest BCUT2D eigenvalue weighted by molar-refractivity contribution is 0.157. The molecule has 0 aromatic carbocycles. The van der Waals surface area contributed by atoms with Crippen LogP contribution in [-0.4, -0.2) is 21.1 Å². The van der Waals surface area contributed by atoms with Crippen molar-refractivity contribution in [2.75, 3.05) is 0 Å². The molecule has 0 aliphatic rings. The van der Waals surface area contributed by atoms with Crippen LogP contribution >= 0.6 is 11.3 Å². The molecule has 0 saturated carbocycles. The van der Waals surface area contributed by atoms with E-state index in [1.807, 2.05) is 23.7 Å². The van der Waals surface area contributed by atoms with Crippen molar-refractivity contribution >= 4 is 11.3 Å². The molecular weight excluding hydrogens is 234 g/mol. The molecule has 2 rings (SSSR count). The Hall–Kier alpha value is -1.17. The lowest BCUT2D eigenvalue weighted by atomic mass is 10.1. The minimum atomic E-state index is -0.380. The first kappa shape index (κ1) is 12.3. The molecule has 0 fully saturated rings. The second kappa shape index (κ2) is 5.95. The third-order valence-electron chi connectivity index (χ3n) is 2.62. The number of aliphatic hydroxyl groups is 1. The molecular formula is C12H17N3OS. The number of aromatic nitrogens is 2. The lowest BCUT2D eigenvalue weighted by Crippen LogP contribution is -2.27. The molecule has 0 radical (unpaired) electrons.